The Hall–Kier alpha value is -2.23. The number of nitrogens with one attached hydrogen (secondary N) is 1. The van der Waals surface area contributed by atoms with Crippen LogP contribution in [-0.4, -0.2) is 12.0 Å². The number of ether oxygens (including phenoxy) is 1. The number of benzene rings is 1. The first-order valence-electron chi connectivity index (χ1n) is 7.35. The van der Waals surface area contributed by atoms with Crippen LogP contribution in [0, 0.1) is 6.92 Å². The average Bonchev–Trinajstić information content (AvgIpc) is 3.11. The van der Waals surface area contributed by atoms with E-state index >= 15 is 0 Å². The third-order valence-electron chi connectivity index (χ3n) is 3.66. The molecule has 0 spiro atoms. The maximum atomic E-state index is 12.0. The first-order chi connectivity index (χ1) is 10.2. The number of furan rings is 1. The molecule has 1 aromatic heterocycles. The Bertz CT molecular complexity index is 626. The molecule has 0 aliphatic heterocycles. The predicted octanol–water partition coefficient (Wildman–Crippen LogP) is 4.16. The van der Waals surface area contributed by atoms with Crippen LogP contribution in [-0.2, 0) is 0 Å². The Kier molecular flexibility index (Phi) is 3.95. The fourth-order valence-corrected chi connectivity index (χ4v) is 2.60. The van der Waals surface area contributed by atoms with Gasteiger partial charge in [-0.1, -0.05) is 6.07 Å². The number of hydrogen-bond acceptors (Lipinski definition) is 3. The molecule has 0 unspecified atom stereocenters. The van der Waals surface area contributed by atoms with Crippen molar-refractivity contribution in [3.63, 3.8) is 0 Å². The highest BCUT2D eigenvalue weighted by Crippen LogP contribution is 2.26. The van der Waals surface area contributed by atoms with E-state index in [4.69, 9.17) is 9.15 Å². The molecule has 1 aromatic carbocycles. The number of anilines is 1. The largest absolute Gasteiger partial charge is 0.490 e. The molecule has 1 amide bonds. The van der Waals surface area contributed by atoms with E-state index in [2.05, 4.69) is 5.32 Å². The van der Waals surface area contributed by atoms with Gasteiger partial charge in [0.25, 0.3) is 5.91 Å². The van der Waals surface area contributed by atoms with Crippen molar-refractivity contribution in [2.24, 2.45) is 0 Å². The van der Waals surface area contributed by atoms with Gasteiger partial charge in [-0.3, -0.25) is 4.79 Å². The standard InChI is InChI=1S/C17H19NO3/c1-12-9-10-16(20-12)17(19)18-13-5-4-8-15(11-13)21-14-6-2-3-7-14/h4-5,8-11,14H,2-3,6-7H2,1H3,(H,18,19). The van der Waals surface area contributed by atoms with Crippen LogP contribution in [0.1, 0.15) is 42.0 Å². The monoisotopic (exact) mass is 285 g/mol. The zero-order chi connectivity index (χ0) is 14.7. The first-order valence-corrected chi connectivity index (χ1v) is 7.35. The maximum Gasteiger partial charge on any atom is 0.291 e. The van der Waals surface area contributed by atoms with Gasteiger partial charge in [0.2, 0.25) is 0 Å². The smallest absolute Gasteiger partial charge is 0.291 e. The molecule has 110 valence electrons. The van der Waals surface area contributed by atoms with E-state index in [0.29, 0.717) is 17.6 Å². The zero-order valence-electron chi connectivity index (χ0n) is 12.1. The Morgan fingerprint density at radius 1 is 1.24 bits per heavy atom. The number of amides is 1. The summed E-state index contributed by atoms with van der Waals surface area (Å²) in [4.78, 5) is 12.0. The van der Waals surface area contributed by atoms with Crippen LogP contribution in [0.3, 0.4) is 0 Å². The number of rotatable bonds is 4. The van der Waals surface area contributed by atoms with Gasteiger partial charge in [0.05, 0.1) is 6.10 Å². The molecule has 2 aromatic rings. The first kappa shape index (κ1) is 13.7. The predicted molar refractivity (Wildman–Crippen MR) is 80.7 cm³/mol. The van der Waals surface area contributed by atoms with E-state index in [1.165, 1.54) is 12.8 Å². The molecule has 4 heteroatoms. The van der Waals surface area contributed by atoms with Crippen molar-refractivity contribution >= 4 is 11.6 Å². The minimum absolute atomic E-state index is 0.249. The summed E-state index contributed by atoms with van der Waals surface area (Å²) >= 11 is 0. The lowest BCUT2D eigenvalue weighted by molar-refractivity contribution is 0.0995. The molecule has 21 heavy (non-hydrogen) atoms. The summed E-state index contributed by atoms with van der Waals surface area (Å²) in [5, 5.41) is 2.82. The lowest BCUT2D eigenvalue weighted by Gasteiger charge is -2.14. The number of aryl methyl sites for hydroxylation is 1. The highest BCUT2D eigenvalue weighted by atomic mass is 16.5. The maximum absolute atomic E-state index is 12.0. The van der Waals surface area contributed by atoms with Crippen molar-refractivity contribution < 1.29 is 13.9 Å². The molecule has 3 rings (SSSR count). The molecule has 1 N–H and O–H groups in total. The van der Waals surface area contributed by atoms with Crippen LogP contribution in [0.15, 0.2) is 40.8 Å². The molecule has 0 saturated heterocycles. The van der Waals surface area contributed by atoms with Gasteiger partial charge < -0.3 is 14.5 Å². The second-order valence-electron chi connectivity index (χ2n) is 5.42. The molecule has 0 radical (unpaired) electrons. The highest BCUT2D eigenvalue weighted by molar-refractivity contribution is 6.02. The van der Waals surface area contributed by atoms with Gasteiger partial charge in [0, 0.05) is 11.8 Å². The summed E-state index contributed by atoms with van der Waals surface area (Å²) in [6, 6.07) is 10.9. The molecular weight excluding hydrogens is 266 g/mol. The molecule has 1 aliphatic carbocycles. The van der Waals surface area contributed by atoms with Gasteiger partial charge in [-0.25, -0.2) is 0 Å². The van der Waals surface area contributed by atoms with E-state index in [-0.39, 0.29) is 5.91 Å². The summed E-state index contributed by atoms with van der Waals surface area (Å²) in [5.41, 5.74) is 0.713. The number of carbonyl (C=O) groups is 1. The van der Waals surface area contributed by atoms with Gasteiger partial charge >= 0.3 is 0 Å². The van der Waals surface area contributed by atoms with Crippen LogP contribution in [0.4, 0.5) is 5.69 Å². The summed E-state index contributed by atoms with van der Waals surface area (Å²) in [5.74, 6) is 1.59. The van der Waals surface area contributed by atoms with Crippen molar-refractivity contribution in [1.82, 2.24) is 0 Å². The van der Waals surface area contributed by atoms with Crippen LogP contribution in [0.25, 0.3) is 0 Å². The van der Waals surface area contributed by atoms with Crippen molar-refractivity contribution in [3.05, 3.63) is 47.9 Å². The lowest BCUT2D eigenvalue weighted by atomic mass is 10.2. The van der Waals surface area contributed by atoms with E-state index in [1.807, 2.05) is 31.2 Å². The van der Waals surface area contributed by atoms with E-state index < -0.39 is 0 Å². The minimum Gasteiger partial charge on any atom is -0.490 e. The minimum atomic E-state index is -0.249. The second kappa shape index (κ2) is 6.04. The van der Waals surface area contributed by atoms with E-state index in [1.54, 1.807) is 12.1 Å². The zero-order valence-corrected chi connectivity index (χ0v) is 12.1. The van der Waals surface area contributed by atoms with E-state index in [0.717, 1.165) is 24.4 Å². The lowest BCUT2D eigenvalue weighted by Crippen LogP contribution is -2.13. The number of carbonyl (C=O) groups excluding carboxylic acids is 1. The van der Waals surface area contributed by atoms with Crippen LogP contribution in [0.5, 0.6) is 5.75 Å². The van der Waals surface area contributed by atoms with Crippen molar-refractivity contribution in [2.45, 2.75) is 38.7 Å². The summed E-state index contributed by atoms with van der Waals surface area (Å²) in [6.07, 6.45) is 5.01. The fourth-order valence-electron chi connectivity index (χ4n) is 2.60. The van der Waals surface area contributed by atoms with Crippen molar-refractivity contribution in [3.8, 4) is 5.75 Å². The topological polar surface area (TPSA) is 51.5 Å². The van der Waals surface area contributed by atoms with Crippen molar-refractivity contribution in [2.75, 3.05) is 5.32 Å². The summed E-state index contributed by atoms with van der Waals surface area (Å²) in [6.45, 7) is 1.81. The number of hydrogen-bond donors (Lipinski definition) is 1. The molecule has 0 atom stereocenters. The Morgan fingerprint density at radius 2 is 2.05 bits per heavy atom. The SMILES string of the molecule is Cc1ccc(C(=O)Nc2cccc(OC3CCCC3)c2)o1. The van der Waals surface area contributed by atoms with Gasteiger partial charge in [-0.2, -0.15) is 0 Å². The van der Waals surface area contributed by atoms with Crippen LogP contribution >= 0.6 is 0 Å². The third kappa shape index (κ3) is 3.45. The Balaban J connectivity index is 1.66. The Morgan fingerprint density at radius 3 is 2.76 bits per heavy atom. The molecule has 0 bridgehead atoms. The second-order valence-corrected chi connectivity index (χ2v) is 5.42. The van der Waals surface area contributed by atoms with Gasteiger partial charge in [-0.05, 0) is 56.9 Å². The highest BCUT2D eigenvalue weighted by Gasteiger charge is 2.17. The molecular formula is C17H19NO3. The van der Waals surface area contributed by atoms with Crippen LogP contribution in [0.2, 0.25) is 0 Å². The average molecular weight is 285 g/mol. The molecule has 1 saturated carbocycles. The summed E-state index contributed by atoms with van der Waals surface area (Å²) in [7, 11) is 0. The van der Waals surface area contributed by atoms with Gasteiger partial charge in [-0.15, -0.1) is 0 Å². The fraction of sp³-hybridized carbons (Fsp3) is 0.353. The molecule has 1 aliphatic rings. The van der Waals surface area contributed by atoms with Gasteiger partial charge in [0.15, 0.2) is 5.76 Å². The molecule has 4 nitrogen and oxygen atoms in total. The summed E-state index contributed by atoms with van der Waals surface area (Å²) < 4.78 is 11.2. The molecule has 1 heterocycles. The quantitative estimate of drug-likeness (QED) is 0.917. The third-order valence-corrected chi connectivity index (χ3v) is 3.66. The van der Waals surface area contributed by atoms with Gasteiger partial charge in [0.1, 0.15) is 11.5 Å². The Labute approximate surface area is 124 Å². The normalized spacial score (nSPS) is 15.1. The van der Waals surface area contributed by atoms with E-state index in [9.17, 15) is 4.79 Å². The van der Waals surface area contributed by atoms with Crippen molar-refractivity contribution in [1.29, 1.82) is 0 Å². The van der Waals surface area contributed by atoms with Crippen LogP contribution < -0.4 is 10.1 Å². The molecule has 1 fully saturated rings.